The highest BCUT2D eigenvalue weighted by Gasteiger charge is 2.07. The molecule has 2 aromatic carbocycles. The van der Waals surface area contributed by atoms with Crippen LogP contribution >= 0.6 is 0 Å². The van der Waals surface area contributed by atoms with Crippen LogP contribution in [0.2, 0.25) is 0 Å². The molecule has 3 aromatic rings. The van der Waals surface area contributed by atoms with E-state index in [1.54, 1.807) is 0 Å². The SMILES string of the molecule is CCCCCC(N)CCc1ncc(-c2ccc(-c3ccccc3)cc2)[nH]1. The summed E-state index contributed by atoms with van der Waals surface area (Å²) in [6.07, 6.45) is 8.69. The molecule has 0 saturated carbocycles. The lowest BCUT2D eigenvalue weighted by Gasteiger charge is -2.09. The summed E-state index contributed by atoms with van der Waals surface area (Å²) in [6.45, 7) is 2.22. The fourth-order valence-electron chi connectivity index (χ4n) is 3.23. The lowest BCUT2D eigenvalue weighted by molar-refractivity contribution is 0.525. The Bertz CT molecular complexity index is 775. The van der Waals surface area contributed by atoms with Crippen LogP contribution in [0.1, 0.15) is 44.9 Å². The van der Waals surface area contributed by atoms with Gasteiger partial charge in [0.05, 0.1) is 11.9 Å². The van der Waals surface area contributed by atoms with Gasteiger partial charge in [-0.3, -0.25) is 0 Å². The van der Waals surface area contributed by atoms with Crippen LogP contribution in [0.5, 0.6) is 0 Å². The molecule has 0 aliphatic heterocycles. The second kappa shape index (κ2) is 9.35. The summed E-state index contributed by atoms with van der Waals surface area (Å²) in [5, 5.41) is 0. The summed E-state index contributed by atoms with van der Waals surface area (Å²) in [6, 6.07) is 19.3. The highest BCUT2D eigenvalue weighted by atomic mass is 14.9. The van der Waals surface area contributed by atoms with Crippen molar-refractivity contribution in [3.05, 3.63) is 66.6 Å². The monoisotopic (exact) mass is 347 g/mol. The number of aromatic nitrogens is 2. The van der Waals surface area contributed by atoms with Crippen LogP contribution in [0.15, 0.2) is 60.8 Å². The first-order valence-corrected chi connectivity index (χ1v) is 9.71. The molecule has 0 amide bonds. The molecule has 3 N–H and O–H groups in total. The molecule has 3 nitrogen and oxygen atoms in total. The molecule has 0 saturated heterocycles. The van der Waals surface area contributed by atoms with Crippen LogP contribution in [0.25, 0.3) is 22.4 Å². The molecule has 1 unspecified atom stereocenters. The lowest BCUT2D eigenvalue weighted by atomic mass is 10.0. The van der Waals surface area contributed by atoms with E-state index in [1.807, 2.05) is 12.3 Å². The number of H-pyrrole nitrogens is 1. The van der Waals surface area contributed by atoms with Gasteiger partial charge in [-0.2, -0.15) is 0 Å². The third-order valence-electron chi connectivity index (χ3n) is 4.86. The van der Waals surface area contributed by atoms with Crippen LogP contribution in [0.3, 0.4) is 0 Å². The van der Waals surface area contributed by atoms with Crippen LogP contribution in [-0.4, -0.2) is 16.0 Å². The second-order valence-electron chi connectivity index (χ2n) is 6.98. The highest BCUT2D eigenvalue weighted by molar-refractivity contribution is 5.68. The third kappa shape index (κ3) is 5.06. The first kappa shape index (κ1) is 18.4. The molecule has 0 spiro atoms. The van der Waals surface area contributed by atoms with Crippen molar-refractivity contribution in [2.75, 3.05) is 0 Å². The van der Waals surface area contributed by atoms with Crippen molar-refractivity contribution >= 4 is 0 Å². The number of nitrogens with zero attached hydrogens (tertiary/aromatic N) is 1. The van der Waals surface area contributed by atoms with Gasteiger partial charge in [0.15, 0.2) is 0 Å². The molecule has 0 fully saturated rings. The van der Waals surface area contributed by atoms with E-state index in [1.165, 1.54) is 30.4 Å². The fourth-order valence-corrected chi connectivity index (χ4v) is 3.23. The number of hydrogen-bond acceptors (Lipinski definition) is 2. The summed E-state index contributed by atoms with van der Waals surface area (Å²) in [5.74, 6) is 1.03. The van der Waals surface area contributed by atoms with Gasteiger partial charge in [-0.15, -0.1) is 0 Å². The largest absolute Gasteiger partial charge is 0.342 e. The van der Waals surface area contributed by atoms with Crippen molar-refractivity contribution in [1.29, 1.82) is 0 Å². The van der Waals surface area contributed by atoms with E-state index in [-0.39, 0.29) is 6.04 Å². The number of benzene rings is 2. The first-order valence-electron chi connectivity index (χ1n) is 9.71. The van der Waals surface area contributed by atoms with Gasteiger partial charge in [0.25, 0.3) is 0 Å². The summed E-state index contributed by atoms with van der Waals surface area (Å²) < 4.78 is 0. The van der Waals surface area contributed by atoms with Gasteiger partial charge in [0.1, 0.15) is 5.82 Å². The Morgan fingerprint density at radius 2 is 1.58 bits per heavy atom. The standard InChI is InChI=1S/C23H29N3/c1-2-3-5-10-21(24)15-16-23-25-17-22(26-23)20-13-11-19(12-14-20)18-8-6-4-7-9-18/h4,6-9,11-14,17,21H,2-3,5,10,15-16,24H2,1H3,(H,25,26). The number of aryl methyl sites for hydroxylation is 1. The zero-order chi connectivity index (χ0) is 18.2. The quantitative estimate of drug-likeness (QED) is 0.496. The Labute approximate surface area is 156 Å². The van der Waals surface area contributed by atoms with Gasteiger partial charge in [-0.05, 0) is 29.5 Å². The molecule has 0 bridgehead atoms. The Hall–Kier alpha value is -2.39. The molecular formula is C23H29N3. The van der Waals surface area contributed by atoms with Gasteiger partial charge >= 0.3 is 0 Å². The fraction of sp³-hybridized carbons (Fsp3) is 0.348. The highest BCUT2D eigenvalue weighted by Crippen LogP contribution is 2.24. The summed E-state index contributed by atoms with van der Waals surface area (Å²) in [5.41, 5.74) is 10.9. The Kier molecular flexibility index (Phi) is 6.62. The number of unbranched alkanes of at least 4 members (excludes halogenated alkanes) is 2. The van der Waals surface area contributed by atoms with Gasteiger partial charge in [-0.1, -0.05) is 80.8 Å². The Morgan fingerprint density at radius 3 is 2.31 bits per heavy atom. The predicted molar refractivity (Wildman–Crippen MR) is 110 cm³/mol. The number of hydrogen-bond donors (Lipinski definition) is 2. The maximum Gasteiger partial charge on any atom is 0.106 e. The molecule has 0 aliphatic rings. The van der Waals surface area contributed by atoms with E-state index in [9.17, 15) is 0 Å². The van der Waals surface area contributed by atoms with E-state index < -0.39 is 0 Å². The smallest absolute Gasteiger partial charge is 0.106 e. The minimum absolute atomic E-state index is 0.278. The van der Waals surface area contributed by atoms with Crippen LogP contribution < -0.4 is 5.73 Å². The van der Waals surface area contributed by atoms with Crippen molar-refractivity contribution in [2.24, 2.45) is 5.73 Å². The van der Waals surface area contributed by atoms with Crippen LogP contribution in [0.4, 0.5) is 0 Å². The summed E-state index contributed by atoms with van der Waals surface area (Å²) in [4.78, 5) is 7.98. The number of nitrogens with one attached hydrogen (secondary N) is 1. The summed E-state index contributed by atoms with van der Waals surface area (Å²) in [7, 11) is 0. The number of imidazole rings is 1. The zero-order valence-corrected chi connectivity index (χ0v) is 15.6. The van der Waals surface area contributed by atoms with Crippen molar-refractivity contribution in [3.8, 4) is 22.4 Å². The van der Waals surface area contributed by atoms with Crippen molar-refractivity contribution in [1.82, 2.24) is 9.97 Å². The molecule has 1 heterocycles. The molecule has 1 atom stereocenters. The van der Waals surface area contributed by atoms with E-state index in [4.69, 9.17) is 5.73 Å². The molecular weight excluding hydrogens is 318 g/mol. The minimum Gasteiger partial charge on any atom is -0.342 e. The average molecular weight is 348 g/mol. The minimum atomic E-state index is 0.278. The van der Waals surface area contributed by atoms with Gasteiger partial charge in [0.2, 0.25) is 0 Å². The number of rotatable bonds is 9. The molecule has 1 aromatic heterocycles. The topological polar surface area (TPSA) is 54.7 Å². The van der Waals surface area contributed by atoms with E-state index in [0.29, 0.717) is 0 Å². The van der Waals surface area contributed by atoms with E-state index in [2.05, 4.69) is 65.4 Å². The predicted octanol–water partition coefficient (Wildman–Crippen LogP) is 5.58. The lowest BCUT2D eigenvalue weighted by Crippen LogP contribution is -2.20. The zero-order valence-electron chi connectivity index (χ0n) is 15.6. The second-order valence-corrected chi connectivity index (χ2v) is 6.98. The number of nitrogens with two attached hydrogens (primary N) is 1. The normalized spacial score (nSPS) is 12.2. The maximum atomic E-state index is 6.21. The van der Waals surface area contributed by atoms with Crippen molar-refractivity contribution in [3.63, 3.8) is 0 Å². The molecule has 0 radical (unpaired) electrons. The van der Waals surface area contributed by atoms with Gasteiger partial charge in [-0.25, -0.2) is 4.98 Å². The Morgan fingerprint density at radius 1 is 0.885 bits per heavy atom. The number of aromatic amines is 1. The van der Waals surface area contributed by atoms with Crippen molar-refractivity contribution < 1.29 is 0 Å². The Balaban J connectivity index is 1.57. The van der Waals surface area contributed by atoms with E-state index in [0.717, 1.165) is 36.3 Å². The summed E-state index contributed by atoms with van der Waals surface area (Å²) >= 11 is 0. The average Bonchev–Trinajstić information content (AvgIpc) is 3.16. The van der Waals surface area contributed by atoms with Crippen LogP contribution in [-0.2, 0) is 6.42 Å². The first-order chi connectivity index (χ1) is 12.8. The van der Waals surface area contributed by atoms with E-state index >= 15 is 0 Å². The molecule has 3 heteroatoms. The van der Waals surface area contributed by atoms with Gasteiger partial charge in [0, 0.05) is 12.5 Å². The van der Waals surface area contributed by atoms with Crippen molar-refractivity contribution in [2.45, 2.75) is 51.5 Å². The molecule has 3 rings (SSSR count). The molecule has 136 valence electrons. The maximum absolute atomic E-state index is 6.21. The van der Waals surface area contributed by atoms with Gasteiger partial charge < -0.3 is 10.7 Å². The third-order valence-corrected chi connectivity index (χ3v) is 4.86. The molecule has 26 heavy (non-hydrogen) atoms. The van der Waals surface area contributed by atoms with Crippen LogP contribution in [0, 0.1) is 0 Å². The molecule has 0 aliphatic carbocycles.